The van der Waals surface area contributed by atoms with E-state index >= 15 is 0 Å². The number of rotatable bonds is 6. The van der Waals surface area contributed by atoms with Crippen molar-refractivity contribution >= 4 is 0 Å². The molecule has 0 radical (unpaired) electrons. The second kappa shape index (κ2) is 5.55. The van der Waals surface area contributed by atoms with Crippen LogP contribution >= 0.6 is 0 Å². The number of unbranched alkanes of at least 4 members (excludes halogenated alkanes) is 2. The van der Waals surface area contributed by atoms with Gasteiger partial charge in [-0.1, -0.05) is 26.2 Å². The minimum Gasteiger partial charge on any atom is -0.328 e. The van der Waals surface area contributed by atoms with Crippen LogP contribution in [0.25, 0.3) is 0 Å². The summed E-state index contributed by atoms with van der Waals surface area (Å²) < 4.78 is 0. The molecule has 0 saturated carbocycles. The molecule has 2 nitrogen and oxygen atoms in total. The molecule has 0 heterocycles. The summed E-state index contributed by atoms with van der Waals surface area (Å²) in [6.07, 6.45) is 5.80. The van der Waals surface area contributed by atoms with Gasteiger partial charge in [-0.2, -0.15) is 0 Å². The van der Waals surface area contributed by atoms with Crippen molar-refractivity contribution in [3.63, 3.8) is 0 Å². The fourth-order valence-electron chi connectivity index (χ4n) is 1.62. The number of hydrogen-bond acceptors (Lipinski definition) is 2. The zero-order valence-electron chi connectivity index (χ0n) is 8.77. The summed E-state index contributed by atoms with van der Waals surface area (Å²) in [5.41, 5.74) is 11.7. The van der Waals surface area contributed by atoms with E-state index in [0.29, 0.717) is 0 Å². The average Bonchev–Trinajstić information content (AvgIpc) is 1.84. The minimum atomic E-state index is -0.0522. The van der Waals surface area contributed by atoms with E-state index in [4.69, 9.17) is 11.5 Å². The molecule has 0 spiro atoms. The third-order valence-electron chi connectivity index (χ3n) is 2.14. The Balaban J connectivity index is 3.56. The molecule has 0 aliphatic heterocycles. The minimum absolute atomic E-state index is 0.0522. The van der Waals surface area contributed by atoms with Crippen LogP contribution in [-0.4, -0.2) is 11.6 Å². The molecule has 2 atom stereocenters. The van der Waals surface area contributed by atoms with Crippen LogP contribution in [0.3, 0.4) is 0 Å². The summed E-state index contributed by atoms with van der Waals surface area (Å²) in [5.74, 6) is 0. The van der Waals surface area contributed by atoms with Crippen LogP contribution in [0.1, 0.15) is 52.9 Å². The topological polar surface area (TPSA) is 52.0 Å². The van der Waals surface area contributed by atoms with Crippen molar-refractivity contribution in [3.8, 4) is 0 Å². The lowest BCUT2D eigenvalue weighted by atomic mass is 9.89. The number of hydrogen-bond donors (Lipinski definition) is 2. The van der Waals surface area contributed by atoms with Crippen molar-refractivity contribution in [2.75, 3.05) is 0 Å². The van der Waals surface area contributed by atoms with E-state index in [-0.39, 0.29) is 11.6 Å². The summed E-state index contributed by atoms with van der Waals surface area (Å²) in [4.78, 5) is 0. The Hall–Kier alpha value is -0.0800. The summed E-state index contributed by atoms with van der Waals surface area (Å²) in [5, 5.41) is 0. The van der Waals surface area contributed by atoms with Gasteiger partial charge in [-0.25, -0.2) is 0 Å². The quantitative estimate of drug-likeness (QED) is 0.602. The van der Waals surface area contributed by atoms with Crippen LogP contribution in [0.5, 0.6) is 0 Å². The highest BCUT2D eigenvalue weighted by Crippen LogP contribution is 2.16. The third kappa shape index (κ3) is 6.62. The van der Waals surface area contributed by atoms with Gasteiger partial charge >= 0.3 is 0 Å². The Labute approximate surface area is 76.7 Å². The van der Waals surface area contributed by atoms with Crippen molar-refractivity contribution in [1.29, 1.82) is 0 Å². The van der Waals surface area contributed by atoms with Gasteiger partial charge in [0.1, 0.15) is 0 Å². The Kier molecular flexibility index (Phi) is 5.51. The molecule has 2 heteroatoms. The summed E-state index contributed by atoms with van der Waals surface area (Å²) in [6, 6.07) is 0.224. The smallest absolute Gasteiger partial charge is 0.0140 e. The second-order valence-electron chi connectivity index (χ2n) is 4.29. The van der Waals surface area contributed by atoms with E-state index in [1.807, 2.05) is 6.92 Å². The van der Waals surface area contributed by atoms with E-state index < -0.39 is 0 Å². The predicted molar refractivity (Wildman–Crippen MR) is 55.0 cm³/mol. The molecule has 0 aromatic carbocycles. The SMILES string of the molecule is CCCCCC(C)(N)CC(C)N. The van der Waals surface area contributed by atoms with Gasteiger partial charge < -0.3 is 11.5 Å². The second-order valence-corrected chi connectivity index (χ2v) is 4.29. The van der Waals surface area contributed by atoms with E-state index in [0.717, 1.165) is 12.8 Å². The van der Waals surface area contributed by atoms with Crippen molar-refractivity contribution in [3.05, 3.63) is 0 Å². The molecule has 74 valence electrons. The van der Waals surface area contributed by atoms with Crippen LogP contribution in [0.2, 0.25) is 0 Å². The Morgan fingerprint density at radius 3 is 2.33 bits per heavy atom. The molecule has 0 amide bonds. The molecule has 0 bridgehead atoms. The largest absolute Gasteiger partial charge is 0.328 e. The van der Waals surface area contributed by atoms with Crippen molar-refractivity contribution in [2.24, 2.45) is 11.5 Å². The Morgan fingerprint density at radius 2 is 1.92 bits per heavy atom. The van der Waals surface area contributed by atoms with Gasteiger partial charge in [-0.15, -0.1) is 0 Å². The summed E-state index contributed by atoms with van der Waals surface area (Å²) >= 11 is 0. The van der Waals surface area contributed by atoms with E-state index in [1.165, 1.54) is 19.3 Å². The predicted octanol–water partition coefficient (Wildman–Crippen LogP) is 2.02. The zero-order chi connectivity index (χ0) is 9.61. The first-order chi connectivity index (χ1) is 5.48. The highest BCUT2D eigenvalue weighted by Gasteiger charge is 2.18. The molecular formula is C10H24N2. The highest BCUT2D eigenvalue weighted by atomic mass is 14.7. The van der Waals surface area contributed by atoms with Crippen LogP contribution < -0.4 is 11.5 Å². The molecule has 12 heavy (non-hydrogen) atoms. The molecule has 0 aliphatic rings. The zero-order valence-corrected chi connectivity index (χ0v) is 8.77. The van der Waals surface area contributed by atoms with E-state index in [9.17, 15) is 0 Å². The molecule has 0 fully saturated rings. The van der Waals surface area contributed by atoms with Crippen molar-refractivity contribution < 1.29 is 0 Å². The lowest BCUT2D eigenvalue weighted by Gasteiger charge is -2.26. The maximum Gasteiger partial charge on any atom is 0.0140 e. The van der Waals surface area contributed by atoms with Gasteiger partial charge in [0.15, 0.2) is 0 Å². The third-order valence-corrected chi connectivity index (χ3v) is 2.14. The van der Waals surface area contributed by atoms with E-state index in [2.05, 4.69) is 13.8 Å². The summed E-state index contributed by atoms with van der Waals surface area (Å²) in [6.45, 7) is 6.33. The van der Waals surface area contributed by atoms with Crippen LogP contribution in [0.15, 0.2) is 0 Å². The molecule has 2 unspecified atom stereocenters. The Bertz CT molecular complexity index is 108. The maximum atomic E-state index is 6.08. The van der Waals surface area contributed by atoms with Crippen molar-refractivity contribution in [1.82, 2.24) is 0 Å². The molecule has 4 N–H and O–H groups in total. The maximum absolute atomic E-state index is 6.08. The number of nitrogens with two attached hydrogens (primary N) is 2. The van der Waals surface area contributed by atoms with Crippen LogP contribution in [-0.2, 0) is 0 Å². The molecule has 0 aliphatic carbocycles. The fourth-order valence-corrected chi connectivity index (χ4v) is 1.62. The van der Waals surface area contributed by atoms with Gasteiger partial charge in [-0.3, -0.25) is 0 Å². The van der Waals surface area contributed by atoms with Gasteiger partial charge in [0.2, 0.25) is 0 Å². The lowest BCUT2D eigenvalue weighted by Crippen LogP contribution is -2.41. The Morgan fingerprint density at radius 1 is 1.33 bits per heavy atom. The standard InChI is InChI=1S/C10H24N2/c1-4-5-6-7-10(3,12)8-9(2)11/h9H,4-8,11-12H2,1-3H3. The monoisotopic (exact) mass is 172 g/mol. The highest BCUT2D eigenvalue weighted by molar-refractivity contribution is 4.81. The van der Waals surface area contributed by atoms with Gasteiger partial charge in [-0.05, 0) is 26.7 Å². The first-order valence-electron chi connectivity index (χ1n) is 5.02. The van der Waals surface area contributed by atoms with Gasteiger partial charge in [0.05, 0.1) is 0 Å². The normalized spacial score (nSPS) is 18.8. The van der Waals surface area contributed by atoms with Gasteiger partial charge in [0, 0.05) is 11.6 Å². The van der Waals surface area contributed by atoms with E-state index in [1.54, 1.807) is 0 Å². The molecule has 0 rings (SSSR count). The fraction of sp³-hybridized carbons (Fsp3) is 1.00. The average molecular weight is 172 g/mol. The first kappa shape index (κ1) is 11.9. The van der Waals surface area contributed by atoms with Crippen LogP contribution in [0.4, 0.5) is 0 Å². The molecular weight excluding hydrogens is 148 g/mol. The molecule has 0 aromatic rings. The molecule has 0 saturated heterocycles. The summed E-state index contributed by atoms with van der Waals surface area (Å²) in [7, 11) is 0. The first-order valence-corrected chi connectivity index (χ1v) is 5.02. The molecule has 0 aromatic heterocycles. The van der Waals surface area contributed by atoms with Gasteiger partial charge in [0.25, 0.3) is 0 Å². The lowest BCUT2D eigenvalue weighted by molar-refractivity contribution is 0.360. The van der Waals surface area contributed by atoms with Crippen LogP contribution in [0, 0.1) is 0 Å². The van der Waals surface area contributed by atoms with Crippen molar-refractivity contribution in [2.45, 2.75) is 64.5 Å².